The Kier molecular flexibility index (Phi) is 5.53. The largest absolute Gasteiger partial charge is 0.493 e. The summed E-state index contributed by atoms with van der Waals surface area (Å²) in [5.74, 6) is 2.13. The quantitative estimate of drug-likeness (QED) is 0.873. The molecule has 1 saturated heterocycles. The highest BCUT2D eigenvalue weighted by Gasteiger charge is 2.26. The summed E-state index contributed by atoms with van der Waals surface area (Å²) in [6.45, 7) is 11.0. The predicted molar refractivity (Wildman–Crippen MR) is 88.1 cm³/mol. The van der Waals surface area contributed by atoms with Crippen molar-refractivity contribution in [2.45, 2.75) is 32.9 Å². The van der Waals surface area contributed by atoms with Gasteiger partial charge in [0, 0.05) is 31.7 Å². The Morgan fingerprint density at radius 3 is 2.32 bits per heavy atom. The fourth-order valence-electron chi connectivity index (χ4n) is 2.95. The molecule has 2 rings (SSSR count). The molecule has 0 saturated carbocycles. The van der Waals surface area contributed by atoms with Crippen LogP contribution < -0.4 is 19.5 Å². The van der Waals surface area contributed by atoms with Gasteiger partial charge in [-0.1, -0.05) is 0 Å². The van der Waals surface area contributed by atoms with E-state index >= 15 is 0 Å². The van der Waals surface area contributed by atoms with Crippen molar-refractivity contribution in [3.8, 4) is 17.2 Å². The summed E-state index contributed by atoms with van der Waals surface area (Å²) in [5.41, 5.74) is 1.33. The summed E-state index contributed by atoms with van der Waals surface area (Å²) >= 11 is 0. The molecule has 5 nitrogen and oxygen atoms in total. The number of nitrogens with one attached hydrogen (secondary N) is 1. The molecule has 0 amide bonds. The summed E-state index contributed by atoms with van der Waals surface area (Å²) in [6.07, 6.45) is 0. The standard InChI is InChI=1S/C17H28N2O3/c1-6-22-16-14(20-4)9-13(10-15(16)21-5)11-19-8-7-18-17(2,3)12-19/h9-10,18H,6-8,11-12H2,1-5H3. The smallest absolute Gasteiger partial charge is 0.203 e. The van der Waals surface area contributed by atoms with Gasteiger partial charge in [0.2, 0.25) is 5.75 Å². The molecule has 0 atom stereocenters. The molecule has 0 bridgehead atoms. The number of ether oxygens (including phenoxy) is 3. The van der Waals surface area contributed by atoms with Gasteiger partial charge in [-0.25, -0.2) is 0 Å². The lowest BCUT2D eigenvalue weighted by atomic mass is 10.0. The van der Waals surface area contributed by atoms with Gasteiger partial charge in [0.25, 0.3) is 0 Å². The Morgan fingerprint density at radius 2 is 1.82 bits per heavy atom. The summed E-state index contributed by atoms with van der Waals surface area (Å²) in [7, 11) is 3.32. The molecule has 1 heterocycles. The van der Waals surface area contributed by atoms with Gasteiger partial charge >= 0.3 is 0 Å². The van der Waals surface area contributed by atoms with Crippen molar-refractivity contribution in [3.63, 3.8) is 0 Å². The molecule has 1 fully saturated rings. The molecule has 5 heteroatoms. The number of rotatable bonds is 6. The molecule has 1 aromatic carbocycles. The van der Waals surface area contributed by atoms with Crippen LogP contribution in [0.25, 0.3) is 0 Å². The molecule has 1 aliphatic heterocycles. The molecule has 1 aliphatic rings. The first-order chi connectivity index (χ1) is 10.5. The van der Waals surface area contributed by atoms with Crippen molar-refractivity contribution in [1.29, 1.82) is 0 Å². The van der Waals surface area contributed by atoms with Gasteiger partial charge in [0.15, 0.2) is 11.5 Å². The fraction of sp³-hybridized carbons (Fsp3) is 0.647. The molecule has 0 aromatic heterocycles. The molecule has 1 aromatic rings. The van der Waals surface area contributed by atoms with Crippen LogP contribution in [0.1, 0.15) is 26.3 Å². The zero-order valence-corrected chi connectivity index (χ0v) is 14.4. The first kappa shape index (κ1) is 16.9. The monoisotopic (exact) mass is 308 g/mol. The molecule has 0 aliphatic carbocycles. The van der Waals surface area contributed by atoms with Crippen molar-refractivity contribution in [2.75, 3.05) is 40.5 Å². The predicted octanol–water partition coefficient (Wildman–Crippen LogP) is 2.29. The van der Waals surface area contributed by atoms with E-state index in [-0.39, 0.29) is 5.54 Å². The van der Waals surface area contributed by atoms with Crippen LogP contribution in [0.2, 0.25) is 0 Å². The Morgan fingerprint density at radius 1 is 1.18 bits per heavy atom. The summed E-state index contributed by atoms with van der Waals surface area (Å²) in [4.78, 5) is 2.45. The zero-order chi connectivity index (χ0) is 16.2. The summed E-state index contributed by atoms with van der Waals surface area (Å²) in [5, 5.41) is 3.53. The van der Waals surface area contributed by atoms with Crippen LogP contribution in [-0.4, -0.2) is 50.9 Å². The van der Waals surface area contributed by atoms with Crippen LogP contribution in [0.3, 0.4) is 0 Å². The van der Waals surface area contributed by atoms with E-state index < -0.39 is 0 Å². The fourth-order valence-corrected chi connectivity index (χ4v) is 2.95. The van der Waals surface area contributed by atoms with Crippen LogP contribution in [0.15, 0.2) is 12.1 Å². The van der Waals surface area contributed by atoms with Gasteiger partial charge in [0.05, 0.1) is 20.8 Å². The first-order valence-electron chi connectivity index (χ1n) is 7.84. The molecule has 0 spiro atoms. The molecule has 1 N–H and O–H groups in total. The number of piperazine rings is 1. The number of methoxy groups -OCH3 is 2. The Labute approximate surface area is 133 Å². The van der Waals surface area contributed by atoms with E-state index in [4.69, 9.17) is 14.2 Å². The van der Waals surface area contributed by atoms with E-state index in [1.807, 2.05) is 19.1 Å². The number of benzene rings is 1. The Bertz CT molecular complexity index is 478. The third kappa shape index (κ3) is 4.05. The van der Waals surface area contributed by atoms with Crippen LogP contribution in [0.4, 0.5) is 0 Å². The molecular weight excluding hydrogens is 280 g/mol. The third-order valence-corrected chi connectivity index (χ3v) is 3.87. The number of hydrogen-bond donors (Lipinski definition) is 1. The van der Waals surface area contributed by atoms with Crippen LogP contribution in [0.5, 0.6) is 17.2 Å². The van der Waals surface area contributed by atoms with Crippen molar-refractivity contribution in [2.24, 2.45) is 0 Å². The molecular formula is C17H28N2O3. The highest BCUT2D eigenvalue weighted by molar-refractivity contribution is 5.53. The lowest BCUT2D eigenvalue weighted by Gasteiger charge is -2.39. The molecule has 124 valence electrons. The molecule has 0 radical (unpaired) electrons. The van der Waals surface area contributed by atoms with E-state index in [0.717, 1.165) is 37.7 Å². The van der Waals surface area contributed by atoms with Crippen LogP contribution in [-0.2, 0) is 6.54 Å². The Hall–Kier alpha value is -1.46. The van der Waals surface area contributed by atoms with Gasteiger partial charge in [-0.2, -0.15) is 0 Å². The second-order valence-electron chi connectivity index (χ2n) is 6.28. The van der Waals surface area contributed by atoms with Gasteiger partial charge in [-0.05, 0) is 38.5 Å². The maximum atomic E-state index is 5.65. The van der Waals surface area contributed by atoms with E-state index in [9.17, 15) is 0 Å². The van der Waals surface area contributed by atoms with Gasteiger partial charge in [0.1, 0.15) is 0 Å². The minimum Gasteiger partial charge on any atom is -0.493 e. The maximum Gasteiger partial charge on any atom is 0.203 e. The van der Waals surface area contributed by atoms with E-state index in [1.165, 1.54) is 5.56 Å². The summed E-state index contributed by atoms with van der Waals surface area (Å²) in [6, 6.07) is 4.09. The average molecular weight is 308 g/mol. The van der Waals surface area contributed by atoms with E-state index in [1.54, 1.807) is 14.2 Å². The van der Waals surface area contributed by atoms with Crippen molar-refractivity contribution < 1.29 is 14.2 Å². The topological polar surface area (TPSA) is 43.0 Å². The first-order valence-corrected chi connectivity index (χ1v) is 7.84. The normalized spacial score (nSPS) is 18.0. The zero-order valence-electron chi connectivity index (χ0n) is 14.4. The van der Waals surface area contributed by atoms with Crippen molar-refractivity contribution >= 4 is 0 Å². The van der Waals surface area contributed by atoms with Gasteiger partial charge in [-0.3, -0.25) is 4.90 Å². The summed E-state index contributed by atoms with van der Waals surface area (Å²) < 4.78 is 16.6. The van der Waals surface area contributed by atoms with E-state index in [0.29, 0.717) is 12.4 Å². The molecule has 22 heavy (non-hydrogen) atoms. The lowest BCUT2D eigenvalue weighted by Crippen LogP contribution is -2.56. The number of hydrogen-bond acceptors (Lipinski definition) is 5. The minimum absolute atomic E-state index is 0.150. The van der Waals surface area contributed by atoms with Crippen LogP contribution in [0, 0.1) is 0 Å². The van der Waals surface area contributed by atoms with Crippen molar-refractivity contribution in [1.82, 2.24) is 10.2 Å². The lowest BCUT2D eigenvalue weighted by molar-refractivity contribution is 0.148. The highest BCUT2D eigenvalue weighted by Crippen LogP contribution is 2.39. The second-order valence-corrected chi connectivity index (χ2v) is 6.28. The molecule has 0 unspecified atom stereocenters. The van der Waals surface area contributed by atoms with Crippen LogP contribution >= 0.6 is 0 Å². The maximum absolute atomic E-state index is 5.65. The highest BCUT2D eigenvalue weighted by atomic mass is 16.5. The van der Waals surface area contributed by atoms with Gasteiger partial charge in [-0.15, -0.1) is 0 Å². The second kappa shape index (κ2) is 7.20. The Balaban J connectivity index is 2.20. The minimum atomic E-state index is 0.150. The number of nitrogens with zero attached hydrogens (tertiary/aromatic N) is 1. The van der Waals surface area contributed by atoms with Crippen molar-refractivity contribution in [3.05, 3.63) is 17.7 Å². The van der Waals surface area contributed by atoms with Gasteiger partial charge < -0.3 is 19.5 Å². The SMILES string of the molecule is CCOc1c(OC)cc(CN2CCNC(C)(C)C2)cc1OC. The average Bonchev–Trinajstić information content (AvgIpc) is 2.47. The van der Waals surface area contributed by atoms with E-state index in [2.05, 4.69) is 24.1 Å². The third-order valence-electron chi connectivity index (χ3n) is 3.87.